The number of hydrogen-bond acceptors (Lipinski definition) is 7. The van der Waals surface area contributed by atoms with Crippen molar-refractivity contribution in [1.29, 1.82) is 0 Å². The Morgan fingerprint density at radius 2 is 1.71 bits per heavy atom. The molecule has 0 aliphatic carbocycles. The Morgan fingerprint density at radius 1 is 1.03 bits per heavy atom. The zero-order valence-electron chi connectivity index (χ0n) is 18.2. The van der Waals surface area contributed by atoms with Gasteiger partial charge >= 0.3 is 5.97 Å². The molecule has 10 nitrogen and oxygen atoms in total. The van der Waals surface area contributed by atoms with E-state index in [-0.39, 0.29) is 23.6 Å². The average Bonchev–Trinajstić information content (AvgIpc) is 3.19. The van der Waals surface area contributed by atoms with E-state index in [4.69, 9.17) is 37.4 Å². The molecule has 2 aromatic carbocycles. The zero-order chi connectivity index (χ0) is 24.8. The summed E-state index contributed by atoms with van der Waals surface area (Å²) in [7, 11) is 2.89. The number of esters is 1. The molecule has 180 valence electrons. The fourth-order valence-corrected chi connectivity index (χ4v) is 3.42. The summed E-state index contributed by atoms with van der Waals surface area (Å²) in [6, 6.07) is 9.08. The van der Waals surface area contributed by atoms with Crippen LogP contribution in [0.25, 0.3) is 0 Å². The molecule has 1 aliphatic rings. The Labute approximate surface area is 205 Å². The van der Waals surface area contributed by atoms with Gasteiger partial charge in [0, 0.05) is 23.7 Å². The van der Waals surface area contributed by atoms with E-state index < -0.39 is 36.2 Å². The fraction of sp³-hybridized carbons (Fsp3) is 0.273. The van der Waals surface area contributed by atoms with Crippen molar-refractivity contribution < 1.29 is 33.4 Å². The number of anilines is 1. The summed E-state index contributed by atoms with van der Waals surface area (Å²) in [5.74, 6) is -2.42. The minimum absolute atomic E-state index is 0.0983. The monoisotopic (exact) mass is 509 g/mol. The van der Waals surface area contributed by atoms with Crippen molar-refractivity contribution >= 4 is 52.6 Å². The molecule has 1 atom stereocenters. The summed E-state index contributed by atoms with van der Waals surface area (Å²) in [5, 5.41) is 4.15. The van der Waals surface area contributed by atoms with Crippen LogP contribution < -0.4 is 20.2 Å². The third-order valence-corrected chi connectivity index (χ3v) is 5.60. The van der Waals surface area contributed by atoms with E-state index >= 15 is 0 Å². The average molecular weight is 510 g/mol. The molecule has 0 unspecified atom stereocenters. The topological polar surface area (TPSA) is 123 Å². The standard InChI is InChI=1S/C22H21Cl2N3O7/c1-32-15-5-12(6-16(9-15)33-2)21(30)26-27-10-13(7-20(27)29)22(31)34-11-19(28)25-14-3-4-17(23)18(24)8-14/h3-6,8-9,13H,7,10-11H2,1-2H3,(H,25,28)(H,26,30)/t13-/m1/s1. The highest BCUT2D eigenvalue weighted by Gasteiger charge is 2.36. The summed E-state index contributed by atoms with van der Waals surface area (Å²) in [6.45, 7) is -0.654. The van der Waals surface area contributed by atoms with Crippen LogP contribution in [0.4, 0.5) is 5.69 Å². The lowest BCUT2D eigenvalue weighted by Crippen LogP contribution is -2.43. The lowest BCUT2D eigenvalue weighted by Gasteiger charge is -2.18. The van der Waals surface area contributed by atoms with Crippen LogP contribution in [0.2, 0.25) is 10.0 Å². The maximum atomic E-state index is 12.6. The van der Waals surface area contributed by atoms with Crippen molar-refractivity contribution in [2.45, 2.75) is 6.42 Å². The van der Waals surface area contributed by atoms with Crippen LogP contribution in [-0.4, -0.2) is 56.1 Å². The van der Waals surface area contributed by atoms with E-state index in [1.165, 1.54) is 38.5 Å². The predicted octanol–water partition coefficient (Wildman–Crippen LogP) is 2.69. The molecule has 3 rings (SSSR count). The van der Waals surface area contributed by atoms with E-state index in [0.29, 0.717) is 22.2 Å². The highest BCUT2D eigenvalue weighted by Crippen LogP contribution is 2.25. The quantitative estimate of drug-likeness (QED) is 0.524. The number of hydrogen-bond donors (Lipinski definition) is 2. The van der Waals surface area contributed by atoms with Crippen molar-refractivity contribution in [3.05, 3.63) is 52.0 Å². The van der Waals surface area contributed by atoms with E-state index in [1.54, 1.807) is 12.1 Å². The second-order valence-corrected chi connectivity index (χ2v) is 8.05. The maximum Gasteiger partial charge on any atom is 0.311 e. The number of rotatable bonds is 8. The molecule has 0 bridgehead atoms. The smallest absolute Gasteiger partial charge is 0.311 e. The first-order chi connectivity index (χ1) is 16.2. The SMILES string of the molecule is COc1cc(OC)cc(C(=O)NN2C[C@H](C(=O)OCC(=O)Nc3ccc(Cl)c(Cl)c3)CC2=O)c1. The lowest BCUT2D eigenvalue weighted by molar-refractivity contribution is -0.151. The molecule has 12 heteroatoms. The molecule has 3 amide bonds. The number of nitrogens with one attached hydrogen (secondary N) is 2. The molecule has 0 saturated carbocycles. The summed E-state index contributed by atoms with van der Waals surface area (Å²) >= 11 is 11.7. The molecule has 0 radical (unpaired) electrons. The van der Waals surface area contributed by atoms with Crippen LogP contribution in [0.1, 0.15) is 16.8 Å². The van der Waals surface area contributed by atoms with Crippen LogP contribution >= 0.6 is 23.2 Å². The maximum absolute atomic E-state index is 12.6. The van der Waals surface area contributed by atoms with Gasteiger partial charge in [0.25, 0.3) is 11.8 Å². The van der Waals surface area contributed by atoms with Gasteiger partial charge in [0.05, 0.1) is 36.7 Å². The van der Waals surface area contributed by atoms with Crippen molar-refractivity contribution in [2.75, 3.05) is 32.7 Å². The second kappa shape index (κ2) is 11.1. The van der Waals surface area contributed by atoms with E-state index in [2.05, 4.69) is 10.7 Å². The van der Waals surface area contributed by atoms with Crippen molar-refractivity contribution in [3.8, 4) is 11.5 Å². The molecule has 1 saturated heterocycles. The van der Waals surface area contributed by atoms with Gasteiger partial charge in [-0.1, -0.05) is 23.2 Å². The summed E-state index contributed by atoms with van der Waals surface area (Å²) < 4.78 is 15.3. The number of halogens is 2. The van der Waals surface area contributed by atoms with E-state index in [9.17, 15) is 19.2 Å². The third-order valence-electron chi connectivity index (χ3n) is 4.86. The van der Waals surface area contributed by atoms with Gasteiger partial charge in [-0.2, -0.15) is 0 Å². The first-order valence-corrected chi connectivity index (χ1v) is 10.7. The summed E-state index contributed by atoms with van der Waals surface area (Å²) in [4.78, 5) is 49.3. The Hall–Kier alpha value is -3.50. The number of ether oxygens (including phenoxy) is 3. The van der Waals surface area contributed by atoms with E-state index in [1.807, 2.05) is 0 Å². The van der Waals surface area contributed by atoms with Crippen molar-refractivity contribution in [3.63, 3.8) is 0 Å². The molecular weight excluding hydrogens is 489 g/mol. The van der Waals surface area contributed by atoms with Crippen LogP contribution in [0.3, 0.4) is 0 Å². The van der Waals surface area contributed by atoms with Gasteiger partial charge in [0.15, 0.2) is 6.61 Å². The van der Waals surface area contributed by atoms with Crippen LogP contribution in [-0.2, 0) is 19.1 Å². The molecular formula is C22H21Cl2N3O7. The number of hydrazine groups is 1. The molecule has 2 N–H and O–H groups in total. The van der Waals surface area contributed by atoms with Gasteiger partial charge in [-0.3, -0.25) is 29.6 Å². The highest BCUT2D eigenvalue weighted by atomic mass is 35.5. The zero-order valence-corrected chi connectivity index (χ0v) is 19.7. The third kappa shape index (κ3) is 6.30. The number of nitrogens with zero attached hydrogens (tertiary/aromatic N) is 1. The van der Waals surface area contributed by atoms with Gasteiger partial charge in [0.1, 0.15) is 11.5 Å². The summed E-state index contributed by atoms with van der Waals surface area (Å²) in [5.41, 5.74) is 3.05. The van der Waals surface area contributed by atoms with Gasteiger partial charge in [-0.25, -0.2) is 0 Å². The molecule has 0 spiro atoms. The highest BCUT2D eigenvalue weighted by molar-refractivity contribution is 6.42. The molecule has 34 heavy (non-hydrogen) atoms. The van der Waals surface area contributed by atoms with Gasteiger partial charge in [-0.15, -0.1) is 0 Å². The second-order valence-electron chi connectivity index (χ2n) is 7.23. The Kier molecular flexibility index (Phi) is 8.19. The molecule has 1 aliphatic heterocycles. The number of benzene rings is 2. The first kappa shape index (κ1) is 25.1. The number of carbonyl (C=O) groups is 4. The Bertz CT molecular complexity index is 1100. The molecule has 1 fully saturated rings. The van der Waals surface area contributed by atoms with Crippen molar-refractivity contribution in [1.82, 2.24) is 10.4 Å². The van der Waals surface area contributed by atoms with Crippen molar-refractivity contribution in [2.24, 2.45) is 5.92 Å². The van der Waals surface area contributed by atoms with Gasteiger partial charge < -0.3 is 19.5 Å². The number of methoxy groups -OCH3 is 2. The lowest BCUT2D eigenvalue weighted by atomic mass is 10.1. The minimum atomic E-state index is -0.842. The number of amides is 3. The van der Waals surface area contributed by atoms with Gasteiger partial charge in [-0.05, 0) is 30.3 Å². The molecule has 1 heterocycles. The predicted molar refractivity (Wildman–Crippen MR) is 123 cm³/mol. The van der Waals surface area contributed by atoms with Crippen LogP contribution in [0.15, 0.2) is 36.4 Å². The molecule has 0 aromatic heterocycles. The van der Waals surface area contributed by atoms with E-state index in [0.717, 1.165) is 5.01 Å². The fourth-order valence-electron chi connectivity index (χ4n) is 3.12. The summed E-state index contributed by atoms with van der Waals surface area (Å²) in [6.07, 6.45) is -0.172. The van der Waals surface area contributed by atoms with Crippen LogP contribution in [0, 0.1) is 5.92 Å². The first-order valence-electron chi connectivity index (χ1n) is 9.96. The Morgan fingerprint density at radius 3 is 2.32 bits per heavy atom. The van der Waals surface area contributed by atoms with Gasteiger partial charge in [0.2, 0.25) is 5.91 Å². The normalized spacial score (nSPS) is 15.0. The van der Waals surface area contributed by atoms with Crippen LogP contribution in [0.5, 0.6) is 11.5 Å². The Balaban J connectivity index is 1.52. The minimum Gasteiger partial charge on any atom is -0.497 e. The number of carbonyl (C=O) groups excluding carboxylic acids is 4. The molecule has 2 aromatic rings. The largest absolute Gasteiger partial charge is 0.497 e.